The van der Waals surface area contributed by atoms with E-state index < -0.39 is 0 Å². The Morgan fingerprint density at radius 2 is 2.30 bits per heavy atom. The maximum atomic E-state index is 12.0. The van der Waals surface area contributed by atoms with Crippen molar-refractivity contribution in [3.8, 4) is 0 Å². The summed E-state index contributed by atoms with van der Waals surface area (Å²) >= 11 is 1.44. The van der Waals surface area contributed by atoms with Crippen LogP contribution in [0.2, 0.25) is 0 Å². The Kier molecular flexibility index (Phi) is 4.66. The van der Waals surface area contributed by atoms with Crippen LogP contribution in [0.15, 0.2) is 12.4 Å². The van der Waals surface area contributed by atoms with Gasteiger partial charge in [-0.3, -0.25) is 0 Å². The van der Waals surface area contributed by atoms with Gasteiger partial charge < -0.3 is 14.2 Å². The second-order valence-corrected chi connectivity index (χ2v) is 6.73. The smallest absolute Gasteiger partial charge is 0.350 e. The maximum Gasteiger partial charge on any atom is 0.350 e. The number of hydrogen-bond acceptors (Lipinski definition) is 6. The molecule has 0 unspecified atom stereocenters. The summed E-state index contributed by atoms with van der Waals surface area (Å²) in [7, 11) is 0. The van der Waals surface area contributed by atoms with Gasteiger partial charge in [0.25, 0.3) is 0 Å². The van der Waals surface area contributed by atoms with Gasteiger partial charge in [-0.2, -0.15) is 0 Å². The third-order valence-electron chi connectivity index (χ3n) is 4.20. The fourth-order valence-electron chi connectivity index (χ4n) is 2.99. The summed E-state index contributed by atoms with van der Waals surface area (Å²) in [6.07, 6.45) is 6.13. The number of carbonyl (C=O) groups excluding carboxylic acids is 1. The second kappa shape index (κ2) is 6.70. The Bertz CT molecular complexity index is 694. The number of anilines is 1. The highest BCUT2D eigenvalue weighted by molar-refractivity contribution is 7.17. The molecule has 3 rings (SSSR count). The van der Waals surface area contributed by atoms with E-state index >= 15 is 0 Å². The Morgan fingerprint density at radius 3 is 3.00 bits per heavy atom. The second-order valence-electron chi connectivity index (χ2n) is 5.75. The largest absolute Gasteiger partial charge is 0.462 e. The number of rotatable bonds is 5. The van der Waals surface area contributed by atoms with Gasteiger partial charge in [0.1, 0.15) is 10.7 Å². The van der Waals surface area contributed by atoms with Gasteiger partial charge in [0.15, 0.2) is 5.13 Å². The molecule has 1 saturated heterocycles. The fourth-order valence-corrected chi connectivity index (χ4v) is 4.05. The number of ether oxygens (including phenoxy) is 1. The number of esters is 1. The van der Waals surface area contributed by atoms with Crippen LogP contribution in [0, 0.1) is 13.8 Å². The van der Waals surface area contributed by atoms with Crippen LogP contribution in [0.4, 0.5) is 5.13 Å². The van der Waals surface area contributed by atoms with Crippen molar-refractivity contribution in [2.45, 2.75) is 46.2 Å². The summed E-state index contributed by atoms with van der Waals surface area (Å²) in [4.78, 5) is 23.8. The molecule has 6 nitrogen and oxygen atoms in total. The van der Waals surface area contributed by atoms with Gasteiger partial charge in [0.05, 0.1) is 12.3 Å². The number of aromatic nitrogens is 3. The predicted molar refractivity (Wildman–Crippen MR) is 90.1 cm³/mol. The SMILES string of the molecule is CCOC(=O)c1sc(N2CCC[C@@H]2Cn2ccnc2C)nc1C. The van der Waals surface area contributed by atoms with Crippen LogP contribution in [0.25, 0.3) is 0 Å². The molecule has 124 valence electrons. The number of hydrogen-bond donors (Lipinski definition) is 0. The van der Waals surface area contributed by atoms with Crippen LogP contribution in [-0.2, 0) is 11.3 Å². The molecule has 7 heteroatoms. The van der Waals surface area contributed by atoms with Gasteiger partial charge in [-0.25, -0.2) is 14.8 Å². The number of carbonyl (C=O) groups is 1. The Balaban J connectivity index is 1.79. The molecule has 0 N–H and O–H groups in total. The van der Waals surface area contributed by atoms with E-state index in [1.54, 1.807) is 0 Å². The van der Waals surface area contributed by atoms with Gasteiger partial charge in [-0.05, 0) is 33.6 Å². The van der Waals surface area contributed by atoms with Gasteiger partial charge >= 0.3 is 5.97 Å². The predicted octanol–water partition coefficient (Wildman–Crippen LogP) is 2.80. The zero-order valence-corrected chi connectivity index (χ0v) is 14.6. The molecule has 2 aromatic rings. The van der Waals surface area contributed by atoms with E-state index in [0.717, 1.165) is 42.6 Å². The van der Waals surface area contributed by atoms with E-state index in [2.05, 4.69) is 19.4 Å². The lowest BCUT2D eigenvalue weighted by atomic mass is 10.2. The van der Waals surface area contributed by atoms with E-state index in [1.165, 1.54) is 11.3 Å². The van der Waals surface area contributed by atoms with Gasteiger partial charge in [0.2, 0.25) is 0 Å². The van der Waals surface area contributed by atoms with Crippen molar-refractivity contribution in [2.75, 3.05) is 18.1 Å². The van der Waals surface area contributed by atoms with E-state index in [0.29, 0.717) is 17.5 Å². The van der Waals surface area contributed by atoms with Crippen molar-refractivity contribution in [1.82, 2.24) is 14.5 Å². The molecule has 0 bridgehead atoms. The highest BCUT2D eigenvalue weighted by atomic mass is 32.1. The molecule has 2 aromatic heterocycles. The number of aryl methyl sites for hydroxylation is 2. The molecule has 0 spiro atoms. The average Bonchev–Trinajstić information content (AvgIpc) is 3.21. The summed E-state index contributed by atoms with van der Waals surface area (Å²) in [5, 5.41) is 0.922. The van der Waals surface area contributed by atoms with Crippen LogP contribution < -0.4 is 4.90 Å². The molecule has 23 heavy (non-hydrogen) atoms. The first kappa shape index (κ1) is 16.0. The molecule has 0 aliphatic carbocycles. The summed E-state index contributed by atoms with van der Waals surface area (Å²) in [6.45, 7) is 7.98. The van der Waals surface area contributed by atoms with Crippen LogP contribution in [-0.4, -0.2) is 39.7 Å². The fraction of sp³-hybridized carbons (Fsp3) is 0.562. The summed E-state index contributed by atoms with van der Waals surface area (Å²) in [5.74, 6) is 0.759. The molecule has 1 atom stereocenters. The van der Waals surface area contributed by atoms with Crippen molar-refractivity contribution in [1.29, 1.82) is 0 Å². The molecule has 0 saturated carbocycles. The zero-order chi connectivity index (χ0) is 16.4. The standard InChI is InChI=1S/C16H22N4O2S/c1-4-22-15(21)14-11(2)18-16(23-14)20-8-5-6-13(20)10-19-9-7-17-12(19)3/h7,9,13H,4-6,8,10H2,1-3H3/t13-/m1/s1. The molecule has 1 fully saturated rings. The van der Waals surface area contributed by atoms with Crippen LogP contribution in [0.5, 0.6) is 0 Å². The molecular weight excluding hydrogens is 312 g/mol. The minimum atomic E-state index is -0.269. The van der Waals surface area contributed by atoms with Crippen molar-refractivity contribution in [2.24, 2.45) is 0 Å². The van der Waals surface area contributed by atoms with Gasteiger partial charge in [-0.15, -0.1) is 0 Å². The Labute approximate surface area is 140 Å². The van der Waals surface area contributed by atoms with E-state index in [-0.39, 0.29) is 5.97 Å². The van der Waals surface area contributed by atoms with Gasteiger partial charge in [-0.1, -0.05) is 11.3 Å². The lowest BCUT2D eigenvalue weighted by Crippen LogP contribution is -2.33. The lowest BCUT2D eigenvalue weighted by molar-refractivity contribution is 0.0531. The third-order valence-corrected chi connectivity index (χ3v) is 5.37. The number of thiazole rings is 1. The quantitative estimate of drug-likeness (QED) is 0.787. The van der Waals surface area contributed by atoms with Gasteiger partial charge in [0, 0.05) is 31.5 Å². The molecule has 0 amide bonds. The molecule has 3 heterocycles. The highest BCUT2D eigenvalue weighted by Gasteiger charge is 2.29. The molecule has 1 aliphatic rings. The highest BCUT2D eigenvalue weighted by Crippen LogP contribution is 2.32. The van der Waals surface area contributed by atoms with E-state index in [4.69, 9.17) is 4.74 Å². The Morgan fingerprint density at radius 1 is 1.48 bits per heavy atom. The zero-order valence-electron chi connectivity index (χ0n) is 13.8. The average molecular weight is 334 g/mol. The first-order valence-corrected chi connectivity index (χ1v) is 8.80. The summed E-state index contributed by atoms with van der Waals surface area (Å²) in [5.41, 5.74) is 0.757. The summed E-state index contributed by atoms with van der Waals surface area (Å²) < 4.78 is 7.29. The maximum absolute atomic E-state index is 12.0. The number of imidazole rings is 1. The minimum Gasteiger partial charge on any atom is -0.462 e. The van der Waals surface area contributed by atoms with Crippen LogP contribution in [0.3, 0.4) is 0 Å². The van der Waals surface area contributed by atoms with Crippen molar-refractivity contribution < 1.29 is 9.53 Å². The first-order valence-electron chi connectivity index (χ1n) is 7.99. The topological polar surface area (TPSA) is 60.2 Å². The number of nitrogens with zero attached hydrogens (tertiary/aromatic N) is 4. The third kappa shape index (κ3) is 3.24. The molecular formula is C16H22N4O2S. The van der Waals surface area contributed by atoms with E-state index in [9.17, 15) is 4.79 Å². The van der Waals surface area contributed by atoms with E-state index in [1.807, 2.05) is 33.2 Å². The normalized spacial score (nSPS) is 17.7. The molecule has 0 aromatic carbocycles. The Hall–Kier alpha value is -1.89. The van der Waals surface area contributed by atoms with Crippen molar-refractivity contribution in [3.63, 3.8) is 0 Å². The van der Waals surface area contributed by atoms with Crippen molar-refractivity contribution >= 4 is 22.4 Å². The summed E-state index contributed by atoms with van der Waals surface area (Å²) in [6, 6.07) is 0.392. The lowest BCUT2D eigenvalue weighted by Gasteiger charge is -2.24. The first-order chi connectivity index (χ1) is 11.1. The molecule has 0 radical (unpaired) electrons. The van der Waals surface area contributed by atoms with Crippen LogP contribution in [0.1, 0.15) is 41.0 Å². The monoisotopic (exact) mass is 334 g/mol. The van der Waals surface area contributed by atoms with Crippen molar-refractivity contribution in [3.05, 3.63) is 28.8 Å². The van der Waals surface area contributed by atoms with Crippen LogP contribution >= 0.6 is 11.3 Å². The minimum absolute atomic E-state index is 0.269. The molecule has 1 aliphatic heterocycles.